The number of nitrogens with zero attached hydrogens (tertiary/aromatic N) is 1. The molecule has 4 nitrogen and oxygen atoms in total. The van der Waals surface area contributed by atoms with Crippen LogP contribution in [0.2, 0.25) is 5.02 Å². The van der Waals surface area contributed by atoms with Crippen molar-refractivity contribution < 1.29 is 13.9 Å². The van der Waals surface area contributed by atoms with Gasteiger partial charge in [0.2, 0.25) is 5.91 Å². The van der Waals surface area contributed by atoms with E-state index in [-0.39, 0.29) is 24.4 Å². The van der Waals surface area contributed by atoms with Crippen LogP contribution in [0.5, 0.6) is 0 Å². The SMILES string of the molecule is COCC(=O)NC1CCCN(Cc2ccc(F)cc2Cl)C1. The second-order valence-electron chi connectivity index (χ2n) is 5.31. The molecular formula is C15H20ClFN2O2. The van der Waals surface area contributed by atoms with E-state index < -0.39 is 0 Å². The van der Waals surface area contributed by atoms with Gasteiger partial charge in [0.1, 0.15) is 12.4 Å². The number of rotatable bonds is 5. The number of halogens is 2. The summed E-state index contributed by atoms with van der Waals surface area (Å²) in [4.78, 5) is 13.8. The fraction of sp³-hybridized carbons (Fsp3) is 0.533. The number of carbonyl (C=O) groups excluding carboxylic acids is 1. The molecule has 0 bridgehead atoms. The Balaban J connectivity index is 1.90. The molecule has 1 aromatic rings. The molecular weight excluding hydrogens is 295 g/mol. The van der Waals surface area contributed by atoms with Crippen molar-refractivity contribution in [1.82, 2.24) is 10.2 Å². The Hall–Kier alpha value is -1.17. The molecule has 0 aliphatic carbocycles. The van der Waals surface area contributed by atoms with Crippen LogP contribution in [0.15, 0.2) is 18.2 Å². The summed E-state index contributed by atoms with van der Waals surface area (Å²) in [6.45, 7) is 2.46. The van der Waals surface area contributed by atoms with Gasteiger partial charge in [0, 0.05) is 31.3 Å². The summed E-state index contributed by atoms with van der Waals surface area (Å²) in [5.41, 5.74) is 0.905. The highest BCUT2D eigenvalue weighted by atomic mass is 35.5. The molecule has 1 aromatic carbocycles. The fourth-order valence-electron chi connectivity index (χ4n) is 2.61. The molecule has 1 amide bonds. The molecule has 1 atom stereocenters. The molecule has 2 rings (SSSR count). The maximum Gasteiger partial charge on any atom is 0.246 e. The van der Waals surface area contributed by atoms with E-state index in [9.17, 15) is 9.18 Å². The molecule has 0 aromatic heterocycles. The Labute approximate surface area is 129 Å². The number of piperidine rings is 1. The van der Waals surface area contributed by atoms with Crippen LogP contribution < -0.4 is 5.32 Å². The highest BCUT2D eigenvalue weighted by molar-refractivity contribution is 6.31. The number of methoxy groups -OCH3 is 1. The Morgan fingerprint density at radius 3 is 3.10 bits per heavy atom. The molecule has 1 N–H and O–H groups in total. The van der Waals surface area contributed by atoms with E-state index >= 15 is 0 Å². The molecule has 1 fully saturated rings. The van der Waals surface area contributed by atoms with Crippen LogP contribution >= 0.6 is 11.6 Å². The lowest BCUT2D eigenvalue weighted by Crippen LogP contribution is -2.48. The topological polar surface area (TPSA) is 41.6 Å². The van der Waals surface area contributed by atoms with Crippen molar-refractivity contribution in [3.8, 4) is 0 Å². The number of hydrogen-bond acceptors (Lipinski definition) is 3. The normalized spacial score (nSPS) is 19.5. The molecule has 0 spiro atoms. The molecule has 0 saturated carbocycles. The number of likely N-dealkylation sites (tertiary alicyclic amines) is 1. The first-order valence-corrected chi connectivity index (χ1v) is 7.41. The monoisotopic (exact) mass is 314 g/mol. The summed E-state index contributed by atoms with van der Waals surface area (Å²) in [7, 11) is 1.50. The standard InChI is InChI=1S/C15H20ClFN2O2/c1-21-10-15(20)18-13-3-2-6-19(9-13)8-11-4-5-12(17)7-14(11)16/h4-5,7,13H,2-3,6,8-10H2,1H3,(H,18,20). The third-order valence-electron chi connectivity index (χ3n) is 3.56. The summed E-state index contributed by atoms with van der Waals surface area (Å²) in [5, 5.41) is 3.41. The molecule has 0 radical (unpaired) electrons. The van der Waals surface area contributed by atoms with E-state index in [0.29, 0.717) is 11.6 Å². The van der Waals surface area contributed by atoms with Crippen molar-refractivity contribution in [3.63, 3.8) is 0 Å². The number of hydrogen-bond donors (Lipinski definition) is 1. The van der Waals surface area contributed by atoms with E-state index in [1.165, 1.54) is 19.2 Å². The number of nitrogens with one attached hydrogen (secondary N) is 1. The van der Waals surface area contributed by atoms with Gasteiger partial charge in [0.25, 0.3) is 0 Å². The first-order chi connectivity index (χ1) is 10.1. The maximum atomic E-state index is 13.0. The molecule has 21 heavy (non-hydrogen) atoms. The van der Waals surface area contributed by atoms with Gasteiger partial charge in [-0.3, -0.25) is 9.69 Å². The number of benzene rings is 1. The van der Waals surface area contributed by atoms with Crippen molar-refractivity contribution in [2.24, 2.45) is 0 Å². The zero-order chi connectivity index (χ0) is 15.2. The summed E-state index contributed by atoms with van der Waals surface area (Å²) >= 11 is 6.06. The predicted octanol–water partition coefficient (Wildman–Crippen LogP) is 2.21. The van der Waals surface area contributed by atoms with E-state index in [2.05, 4.69) is 10.2 Å². The summed E-state index contributed by atoms with van der Waals surface area (Å²) in [6.07, 6.45) is 1.97. The number of carbonyl (C=O) groups is 1. The summed E-state index contributed by atoms with van der Waals surface area (Å²) < 4.78 is 17.9. The van der Waals surface area contributed by atoms with Crippen LogP contribution in [0.1, 0.15) is 18.4 Å². The molecule has 6 heteroatoms. The maximum absolute atomic E-state index is 13.0. The zero-order valence-corrected chi connectivity index (χ0v) is 12.8. The minimum absolute atomic E-state index is 0.0836. The second kappa shape index (κ2) is 7.73. The van der Waals surface area contributed by atoms with Crippen LogP contribution in [0, 0.1) is 5.82 Å². The van der Waals surface area contributed by atoms with Crippen molar-refractivity contribution in [2.45, 2.75) is 25.4 Å². The van der Waals surface area contributed by atoms with E-state index in [0.717, 1.165) is 31.5 Å². The average molecular weight is 315 g/mol. The van der Waals surface area contributed by atoms with Crippen LogP contribution in [-0.4, -0.2) is 43.7 Å². The quantitative estimate of drug-likeness (QED) is 0.906. The van der Waals surface area contributed by atoms with E-state index in [1.54, 1.807) is 6.07 Å². The van der Waals surface area contributed by atoms with Gasteiger partial charge in [-0.25, -0.2) is 4.39 Å². The summed E-state index contributed by atoms with van der Waals surface area (Å²) in [5.74, 6) is -0.420. The lowest BCUT2D eigenvalue weighted by Gasteiger charge is -2.33. The third kappa shape index (κ3) is 4.95. The molecule has 116 valence electrons. The number of amides is 1. The lowest BCUT2D eigenvalue weighted by molar-refractivity contribution is -0.125. The first-order valence-electron chi connectivity index (χ1n) is 7.03. The van der Waals surface area contributed by atoms with Crippen LogP contribution in [0.4, 0.5) is 4.39 Å². The lowest BCUT2D eigenvalue weighted by atomic mass is 10.0. The minimum Gasteiger partial charge on any atom is -0.375 e. The molecule has 1 heterocycles. The molecule has 1 unspecified atom stereocenters. The van der Waals surface area contributed by atoms with E-state index in [4.69, 9.17) is 16.3 Å². The van der Waals surface area contributed by atoms with Gasteiger partial charge in [-0.15, -0.1) is 0 Å². The van der Waals surface area contributed by atoms with E-state index in [1.807, 2.05) is 0 Å². The van der Waals surface area contributed by atoms with Gasteiger partial charge in [-0.2, -0.15) is 0 Å². The molecule has 1 aliphatic heterocycles. The summed E-state index contributed by atoms with van der Waals surface area (Å²) in [6, 6.07) is 4.59. The van der Waals surface area contributed by atoms with Crippen molar-refractivity contribution in [3.05, 3.63) is 34.6 Å². The van der Waals surface area contributed by atoms with Crippen LogP contribution in [0.25, 0.3) is 0 Å². The Morgan fingerprint density at radius 1 is 1.57 bits per heavy atom. The highest BCUT2D eigenvalue weighted by Gasteiger charge is 2.21. The minimum atomic E-state index is -0.327. The Bertz CT molecular complexity index is 499. The van der Waals surface area contributed by atoms with Gasteiger partial charge < -0.3 is 10.1 Å². The van der Waals surface area contributed by atoms with Gasteiger partial charge in [0.05, 0.1) is 0 Å². The van der Waals surface area contributed by atoms with Crippen LogP contribution in [-0.2, 0) is 16.1 Å². The zero-order valence-electron chi connectivity index (χ0n) is 12.1. The van der Waals surface area contributed by atoms with Gasteiger partial charge >= 0.3 is 0 Å². The van der Waals surface area contributed by atoms with Crippen LogP contribution in [0.3, 0.4) is 0 Å². The molecule has 1 saturated heterocycles. The third-order valence-corrected chi connectivity index (χ3v) is 3.91. The molecule has 1 aliphatic rings. The predicted molar refractivity (Wildman–Crippen MR) is 79.7 cm³/mol. The Kier molecular flexibility index (Phi) is 5.96. The second-order valence-corrected chi connectivity index (χ2v) is 5.72. The smallest absolute Gasteiger partial charge is 0.246 e. The average Bonchev–Trinajstić information content (AvgIpc) is 2.42. The van der Waals surface area contributed by atoms with Crippen molar-refractivity contribution in [2.75, 3.05) is 26.8 Å². The Morgan fingerprint density at radius 2 is 2.38 bits per heavy atom. The van der Waals surface area contributed by atoms with Crippen molar-refractivity contribution in [1.29, 1.82) is 0 Å². The largest absolute Gasteiger partial charge is 0.375 e. The van der Waals surface area contributed by atoms with Gasteiger partial charge in [0.15, 0.2) is 0 Å². The fourth-order valence-corrected chi connectivity index (χ4v) is 2.84. The van der Waals surface area contributed by atoms with Gasteiger partial charge in [-0.1, -0.05) is 17.7 Å². The first kappa shape index (κ1) is 16.2. The number of ether oxygens (including phenoxy) is 1. The highest BCUT2D eigenvalue weighted by Crippen LogP contribution is 2.21. The van der Waals surface area contributed by atoms with Gasteiger partial charge in [-0.05, 0) is 37.1 Å². The van der Waals surface area contributed by atoms with Crippen molar-refractivity contribution >= 4 is 17.5 Å².